The second kappa shape index (κ2) is 4.75. The highest BCUT2D eigenvalue weighted by Gasteiger charge is 2.08. The second-order valence-electron chi connectivity index (χ2n) is 3.83. The molecule has 0 saturated carbocycles. The predicted molar refractivity (Wildman–Crippen MR) is 62.3 cm³/mol. The van der Waals surface area contributed by atoms with Crippen molar-refractivity contribution in [3.05, 3.63) is 54.1 Å². The largest absolute Gasteiger partial charge is 0.340 e. The quantitative estimate of drug-likeness (QED) is 0.731. The zero-order valence-corrected chi connectivity index (χ0v) is 9.26. The van der Waals surface area contributed by atoms with Crippen LogP contribution in [0.2, 0.25) is 0 Å². The highest BCUT2D eigenvalue weighted by atomic mass is 16.1. The first kappa shape index (κ1) is 10.6. The maximum atomic E-state index is 11.8. The first-order valence-electron chi connectivity index (χ1n) is 5.31. The van der Waals surface area contributed by atoms with E-state index in [9.17, 15) is 4.79 Å². The Labute approximate surface area is 94.7 Å². The van der Waals surface area contributed by atoms with Gasteiger partial charge < -0.3 is 4.57 Å². The highest BCUT2D eigenvalue weighted by Crippen LogP contribution is 2.06. The number of carbonyl (C=O) groups is 1. The maximum absolute atomic E-state index is 11.8. The zero-order chi connectivity index (χ0) is 11.4. The van der Waals surface area contributed by atoms with Crippen molar-refractivity contribution in [2.75, 3.05) is 0 Å². The van der Waals surface area contributed by atoms with Crippen LogP contribution in [0.5, 0.6) is 0 Å². The molecule has 0 spiro atoms. The van der Waals surface area contributed by atoms with E-state index in [1.807, 2.05) is 37.4 Å². The third kappa shape index (κ3) is 2.57. The number of aryl methyl sites for hydroxylation is 2. The van der Waals surface area contributed by atoms with Gasteiger partial charge in [-0.3, -0.25) is 4.79 Å². The summed E-state index contributed by atoms with van der Waals surface area (Å²) >= 11 is 0. The molecule has 2 aromatic rings. The molecule has 0 aliphatic carbocycles. The Kier molecular flexibility index (Phi) is 3.15. The Morgan fingerprint density at radius 2 is 2.06 bits per heavy atom. The van der Waals surface area contributed by atoms with Crippen LogP contribution >= 0.6 is 0 Å². The van der Waals surface area contributed by atoms with Crippen LogP contribution in [-0.2, 0) is 13.5 Å². The highest BCUT2D eigenvalue weighted by molar-refractivity contribution is 5.94. The van der Waals surface area contributed by atoms with Gasteiger partial charge in [-0.25, -0.2) is 4.98 Å². The zero-order valence-electron chi connectivity index (χ0n) is 9.26. The molecule has 0 unspecified atom stereocenters. The van der Waals surface area contributed by atoms with Gasteiger partial charge in [-0.15, -0.1) is 0 Å². The van der Waals surface area contributed by atoms with E-state index in [-0.39, 0.29) is 5.78 Å². The van der Waals surface area contributed by atoms with Crippen molar-refractivity contribution >= 4 is 5.78 Å². The van der Waals surface area contributed by atoms with Crippen LogP contribution in [0.15, 0.2) is 42.9 Å². The summed E-state index contributed by atoms with van der Waals surface area (Å²) in [5.74, 6) is 0.101. The summed E-state index contributed by atoms with van der Waals surface area (Å²) in [7, 11) is 1.86. The fourth-order valence-electron chi connectivity index (χ4n) is 1.59. The molecule has 16 heavy (non-hydrogen) atoms. The minimum atomic E-state index is 0.101. The first-order valence-corrected chi connectivity index (χ1v) is 5.31. The molecule has 1 heterocycles. The molecular weight excluding hydrogens is 200 g/mol. The van der Waals surface area contributed by atoms with Crippen molar-refractivity contribution in [2.45, 2.75) is 12.8 Å². The van der Waals surface area contributed by atoms with E-state index in [2.05, 4.69) is 4.98 Å². The van der Waals surface area contributed by atoms with Gasteiger partial charge in [0.25, 0.3) is 0 Å². The van der Waals surface area contributed by atoms with Gasteiger partial charge in [-0.1, -0.05) is 30.3 Å². The van der Waals surface area contributed by atoms with Crippen LogP contribution in [-0.4, -0.2) is 15.3 Å². The van der Waals surface area contributed by atoms with E-state index in [0.29, 0.717) is 12.1 Å². The summed E-state index contributed by atoms with van der Waals surface area (Å²) in [5, 5.41) is 0. The Morgan fingerprint density at radius 1 is 1.31 bits per heavy atom. The normalized spacial score (nSPS) is 10.3. The van der Waals surface area contributed by atoms with Crippen molar-refractivity contribution in [3.63, 3.8) is 0 Å². The molecule has 0 aliphatic rings. The monoisotopic (exact) mass is 214 g/mol. The van der Waals surface area contributed by atoms with Crippen LogP contribution < -0.4 is 0 Å². The number of hydrogen-bond acceptors (Lipinski definition) is 2. The van der Waals surface area contributed by atoms with Gasteiger partial charge in [0.15, 0.2) is 5.78 Å². The summed E-state index contributed by atoms with van der Waals surface area (Å²) in [5.41, 5.74) is 1.74. The molecule has 0 fully saturated rings. The molecule has 3 nitrogen and oxygen atoms in total. The van der Waals surface area contributed by atoms with E-state index in [1.54, 1.807) is 17.1 Å². The van der Waals surface area contributed by atoms with Gasteiger partial charge in [0.05, 0.1) is 6.33 Å². The van der Waals surface area contributed by atoms with Crippen molar-refractivity contribution in [1.29, 1.82) is 0 Å². The number of ketones is 1. The molecule has 0 saturated heterocycles. The molecule has 2 rings (SSSR count). The summed E-state index contributed by atoms with van der Waals surface area (Å²) in [6.07, 6.45) is 4.69. The number of aromatic nitrogens is 2. The van der Waals surface area contributed by atoms with Crippen LogP contribution in [0, 0.1) is 0 Å². The molecule has 0 aliphatic heterocycles. The maximum Gasteiger partial charge on any atom is 0.183 e. The van der Waals surface area contributed by atoms with E-state index < -0.39 is 0 Å². The molecule has 1 aromatic heterocycles. The van der Waals surface area contributed by atoms with E-state index in [0.717, 1.165) is 6.42 Å². The van der Waals surface area contributed by atoms with Gasteiger partial charge >= 0.3 is 0 Å². The fourth-order valence-corrected chi connectivity index (χ4v) is 1.59. The Hall–Kier alpha value is -1.90. The third-order valence-electron chi connectivity index (χ3n) is 2.47. The van der Waals surface area contributed by atoms with Gasteiger partial charge in [-0.2, -0.15) is 0 Å². The smallest absolute Gasteiger partial charge is 0.183 e. The number of rotatable bonds is 4. The van der Waals surface area contributed by atoms with Gasteiger partial charge in [0, 0.05) is 19.7 Å². The minimum Gasteiger partial charge on any atom is -0.340 e. The Balaban J connectivity index is 1.94. The van der Waals surface area contributed by atoms with Crippen LogP contribution in [0.1, 0.15) is 22.5 Å². The lowest BCUT2D eigenvalue weighted by atomic mass is 10.1. The third-order valence-corrected chi connectivity index (χ3v) is 2.47. The Morgan fingerprint density at radius 3 is 2.69 bits per heavy atom. The summed E-state index contributed by atoms with van der Waals surface area (Å²) in [6, 6.07) is 10.0. The lowest BCUT2D eigenvalue weighted by molar-refractivity contribution is 0.0978. The molecule has 3 heteroatoms. The SMILES string of the molecule is Cn1cnc(C(=O)CCc2ccccc2)c1. The fraction of sp³-hybridized carbons (Fsp3) is 0.231. The van der Waals surface area contributed by atoms with Crippen LogP contribution in [0.25, 0.3) is 0 Å². The van der Waals surface area contributed by atoms with E-state index in [1.165, 1.54) is 5.56 Å². The average Bonchev–Trinajstić information content (AvgIpc) is 2.74. The molecule has 82 valence electrons. The van der Waals surface area contributed by atoms with E-state index in [4.69, 9.17) is 0 Å². The number of benzene rings is 1. The first-order chi connectivity index (χ1) is 7.75. The molecule has 0 bridgehead atoms. The lowest BCUT2D eigenvalue weighted by Gasteiger charge is -1.98. The summed E-state index contributed by atoms with van der Waals surface area (Å²) in [6.45, 7) is 0. The number of carbonyl (C=O) groups excluding carboxylic acids is 1. The summed E-state index contributed by atoms with van der Waals surface area (Å²) in [4.78, 5) is 15.8. The van der Waals surface area contributed by atoms with E-state index >= 15 is 0 Å². The molecule has 0 atom stereocenters. The predicted octanol–water partition coefficient (Wildman–Crippen LogP) is 2.24. The number of imidazole rings is 1. The second-order valence-corrected chi connectivity index (χ2v) is 3.83. The minimum absolute atomic E-state index is 0.101. The van der Waals surface area contributed by atoms with Crippen LogP contribution in [0.3, 0.4) is 0 Å². The van der Waals surface area contributed by atoms with Gasteiger partial charge in [-0.05, 0) is 12.0 Å². The Bertz CT molecular complexity index is 474. The number of Topliss-reactive ketones (excluding diaryl/α,β-unsaturated/α-hetero) is 1. The lowest BCUT2D eigenvalue weighted by Crippen LogP contribution is -2.01. The average molecular weight is 214 g/mol. The number of nitrogens with zero attached hydrogens (tertiary/aromatic N) is 2. The van der Waals surface area contributed by atoms with Crippen molar-refractivity contribution < 1.29 is 4.79 Å². The topological polar surface area (TPSA) is 34.9 Å². The summed E-state index contributed by atoms with van der Waals surface area (Å²) < 4.78 is 1.79. The molecule has 0 radical (unpaired) electrons. The molecule has 0 amide bonds. The van der Waals surface area contributed by atoms with Gasteiger partial charge in [0.1, 0.15) is 5.69 Å². The molecule has 0 N–H and O–H groups in total. The standard InChI is InChI=1S/C13H14N2O/c1-15-9-12(14-10-15)13(16)8-7-11-5-3-2-4-6-11/h2-6,9-10H,7-8H2,1H3. The molecule has 1 aromatic carbocycles. The van der Waals surface area contributed by atoms with Crippen LogP contribution in [0.4, 0.5) is 0 Å². The van der Waals surface area contributed by atoms with Crippen molar-refractivity contribution in [1.82, 2.24) is 9.55 Å². The van der Waals surface area contributed by atoms with Crippen molar-refractivity contribution in [3.8, 4) is 0 Å². The number of hydrogen-bond donors (Lipinski definition) is 0. The molecular formula is C13H14N2O. The van der Waals surface area contributed by atoms with Crippen molar-refractivity contribution in [2.24, 2.45) is 7.05 Å². The van der Waals surface area contributed by atoms with Gasteiger partial charge in [0.2, 0.25) is 0 Å².